The molecule has 0 aromatic heterocycles. The van der Waals surface area contributed by atoms with Crippen molar-refractivity contribution in [2.75, 3.05) is 11.5 Å². The lowest BCUT2D eigenvalue weighted by Gasteiger charge is -2.26. The second kappa shape index (κ2) is 5.47. The van der Waals surface area contributed by atoms with Crippen LogP contribution in [0.15, 0.2) is 60.7 Å². The van der Waals surface area contributed by atoms with Crippen LogP contribution < -0.4 is 4.90 Å². The fraction of sp³-hybridized carbons (Fsp3) is 0.235. The van der Waals surface area contributed by atoms with Gasteiger partial charge in [0.05, 0.1) is 12.6 Å². The average Bonchev–Trinajstić information content (AvgIpc) is 2.85. The molecule has 0 saturated carbocycles. The smallest absolute Gasteiger partial charge is 0.228 e. The Balaban J connectivity index is 1.96. The maximum atomic E-state index is 12.3. The Hall–Kier alpha value is -2.13. The zero-order valence-corrected chi connectivity index (χ0v) is 11.1. The van der Waals surface area contributed by atoms with E-state index < -0.39 is 0 Å². The molecule has 0 spiro atoms. The van der Waals surface area contributed by atoms with Crippen molar-refractivity contribution < 1.29 is 9.90 Å². The van der Waals surface area contributed by atoms with E-state index in [4.69, 9.17) is 0 Å². The van der Waals surface area contributed by atoms with Crippen molar-refractivity contribution in [2.24, 2.45) is 0 Å². The van der Waals surface area contributed by atoms with E-state index in [1.807, 2.05) is 60.7 Å². The van der Waals surface area contributed by atoms with Crippen molar-refractivity contribution in [1.29, 1.82) is 0 Å². The largest absolute Gasteiger partial charge is 0.394 e. The van der Waals surface area contributed by atoms with Crippen LogP contribution in [0.25, 0.3) is 0 Å². The molecule has 1 heterocycles. The zero-order valence-electron chi connectivity index (χ0n) is 11.1. The second-order valence-electron chi connectivity index (χ2n) is 5.07. The molecule has 0 radical (unpaired) electrons. The van der Waals surface area contributed by atoms with Gasteiger partial charge in [-0.25, -0.2) is 0 Å². The summed E-state index contributed by atoms with van der Waals surface area (Å²) in [5, 5.41) is 9.75. The van der Waals surface area contributed by atoms with Crippen LogP contribution >= 0.6 is 0 Å². The Morgan fingerprint density at radius 2 is 1.60 bits per heavy atom. The monoisotopic (exact) mass is 267 g/mol. The number of anilines is 1. The molecule has 1 N–H and O–H groups in total. The van der Waals surface area contributed by atoms with Gasteiger partial charge >= 0.3 is 0 Å². The Morgan fingerprint density at radius 3 is 2.20 bits per heavy atom. The van der Waals surface area contributed by atoms with E-state index in [1.165, 1.54) is 0 Å². The summed E-state index contributed by atoms with van der Waals surface area (Å²) >= 11 is 0. The van der Waals surface area contributed by atoms with Gasteiger partial charge in [0.1, 0.15) is 0 Å². The Morgan fingerprint density at radius 1 is 1.00 bits per heavy atom. The van der Waals surface area contributed by atoms with E-state index in [9.17, 15) is 9.90 Å². The third kappa shape index (κ3) is 2.21. The van der Waals surface area contributed by atoms with Gasteiger partial charge < -0.3 is 10.0 Å². The third-order valence-electron chi connectivity index (χ3n) is 3.91. The minimum absolute atomic E-state index is 0.0276. The number of aliphatic hydroxyl groups is 1. The number of benzene rings is 2. The predicted octanol–water partition coefficient (Wildman–Crippen LogP) is 2.57. The maximum absolute atomic E-state index is 12.3. The highest BCUT2D eigenvalue weighted by atomic mass is 16.3. The van der Waals surface area contributed by atoms with Gasteiger partial charge in [0, 0.05) is 18.0 Å². The summed E-state index contributed by atoms with van der Waals surface area (Å²) in [5.41, 5.74) is 1.97. The third-order valence-corrected chi connectivity index (χ3v) is 3.91. The van der Waals surface area contributed by atoms with E-state index in [2.05, 4.69) is 0 Å². The number of rotatable bonds is 3. The van der Waals surface area contributed by atoms with Gasteiger partial charge in [-0.2, -0.15) is 0 Å². The van der Waals surface area contributed by atoms with Gasteiger partial charge in [-0.15, -0.1) is 0 Å². The highest BCUT2D eigenvalue weighted by Gasteiger charge is 2.40. The van der Waals surface area contributed by atoms with Crippen LogP contribution in [0.3, 0.4) is 0 Å². The molecule has 1 saturated heterocycles. The van der Waals surface area contributed by atoms with Crippen LogP contribution in [0, 0.1) is 0 Å². The number of nitrogens with zero attached hydrogens (tertiary/aromatic N) is 1. The summed E-state index contributed by atoms with van der Waals surface area (Å²) < 4.78 is 0. The minimum Gasteiger partial charge on any atom is -0.394 e. The van der Waals surface area contributed by atoms with Gasteiger partial charge in [0.2, 0.25) is 5.91 Å². The van der Waals surface area contributed by atoms with Gasteiger partial charge in [0.15, 0.2) is 0 Å². The van der Waals surface area contributed by atoms with Crippen molar-refractivity contribution in [3.05, 3.63) is 66.2 Å². The Kier molecular flexibility index (Phi) is 3.52. The average molecular weight is 267 g/mol. The van der Waals surface area contributed by atoms with Gasteiger partial charge in [0.25, 0.3) is 0 Å². The molecule has 3 nitrogen and oxygen atoms in total. The summed E-state index contributed by atoms with van der Waals surface area (Å²) in [6.07, 6.45) is 0.449. The summed E-state index contributed by atoms with van der Waals surface area (Å²) in [5.74, 6) is 0.123. The number of amides is 1. The van der Waals surface area contributed by atoms with E-state index in [-0.39, 0.29) is 24.5 Å². The number of aliphatic hydroxyl groups excluding tert-OH is 1. The molecule has 1 aliphatic heterocycles. The number of carbonyl (C=O) groups is 1. The highest BCUT2D eigenvalue weighted by molar-refractivity contribution is 5.97. The molecular formula is C17H17NO2. The fourth-order valence-electron chi connectivity index (χ4n) is 2.96. The molecule has 3 rings (SSSR count). The minimum atomic E-state index is -0.188. The molecule has 0 aliphatic carbocycles. The highest BCUT2D eigenvalue weighted by Crippen LogP contribution is 2.37. The fourth-order valence-corrected chi connectivity index (χ4v) is 2.96. The summed E-state index contributed by atoms with van der Waals surface area (Å²) in [4.78, 5) is 14.1. The summed E-state index contributed by atoms with van der Waals surface area (Å²) in [6, 6.07) is 19.3. The normalized spacial score (nSPS) is 22.2. The number of para-hydroxylation sites is 1. The lowest BCUT2D eigenvalue weighted by atomic mass is 9.92. The first-order chi connectivity index (χ1) is 9.81. The van der Waals surface area contributed by atoms with Crippen LogP contribution in [0.4, 0.5) is 5.69 Å². The first kappa shape index (κ1) is 12.9. The van der Waals surface area contributed by atoms with Crippen molar-refractivity contribution in [2.45, 2.75) is 18.4 Å². The summed E-state index contributed by atoms with van der Waals surface area (Å²) in [6.45, 7) is -0.0276. The number of carbonyl (C=O) groups excluding carboxylic acids is 1. The molecule has 1 aliphatic rings. The van der Waals surface area contributed by atoms with Crippen molar-refractivity contribution >= 4 is 11.6 Å². The molecule has 2 atom stereocenters. The van der Waals surface area contributed by atoms with E-state index >= 15 is 0 Å². The predicted molar refractivity (Wildman–Crippen MR) is 78.6 cm³/mol. The van der Waals surface area contributed by atoms with Crippen LogP contribution in [0.5, 0.6) is 0 Å². The molecular weight excluding hydrogens is 250 g/mol. The Bertz CT molecular complexity index is 582. The topological polar surface area (TPSA) is 40.5 Å². The Labute approximate surface area is 118 Å². The van der Waals surface area contributed by atoms with Crippen molar-refractivity contribution in [1.82, 2.24) is 0 Å². The van der Waals surface area contributed by atoms with Crippen LogP contribution in [-0.2, 0) is 4.79 Å². The van der Waals surface area contributed by atoms with Crippen molar-refractivity contribution in [3.63, 3.8) is 0 Å². The second-order valence-corrected chi connectivity index (χ2v) is 5.07. The molecule has 1 unspecified atom stereocenters. The van der Waals surface area contributed by atoms with Crippen LogP contribution in [-0.4, -0.2) is 23.7 Å². The summed E-state index contributed by atoms with van der Waals surface area (Å²) in [7, 11) is 0. The molecule has 0 bridgehead atoms. The number of hydrogen-bond acceptors (Lipinski definition) is 2. The van der Waals surface area contributed by atoms with Crippen molar-refractivity contribution in [3.8, 4) is 0 Å². The van der Waals surface area contributed by atoms with E-state index in [0.717, 1.165) is 11.3 Å². The zero-order chi connectivity index (χ0) is 13.9. The molecule has 2 aromatic carbocycles. The molecule has 1 amide bonds. The standard InChI is InChI=1S/C17H17NO2/c19-12-16-15(13-7-3-1-4-8-13)11-17(20)18(16)14-9-5-2-6-10-14/h1-10,15-16,19H,11-12H2/t15?,16-/m0/s1. The first-order valence-electron chi connectivity index (χ1n) is 6.84. The van der Waals surface area contributed by atoms with Crippen LogP contribution in [0.1, 0.15) is 17.9 Å². The van der Waals surface area contributed by atoms with Gasteiger partial charge in [-0.3, -0.25) is 4.79 Å². The van der Waals surface area contributed by atoms with Crippen LogP contribution in [0.2, 0.25) is 0 Å². The number of hydrogen-bond donors (Lipinski definition) is 1. The molecule has 20 heavy (non-hydrogen) atoms. The molecule has 3 heteroatoms. The van der Waals surface area contributed by atoms with Gasteiger partial charge in [-0.05, 0) is 17.7 Å². The lowest BCUT2D eigenvalue weighted by molar-refractivity contribution is -0.117. The molecule has 102 valence electrons. The quantitative estimate of drug-likeness (QED) is 0.928. The van der Waals surface area contributed by atoms with Gasteiger partial charge in [-0.1, -0.05) is 48.5 Å². The molecule has 2 aromatic rings. The SMILES string of the molecule is O=C1CC(c2ccccc2)[C@H](CO)N1c1ccccc1. The lowest BCUT2D eigenvalue weighted by Crippen LogP contribution is -2.37. The maximum Gasteiger partial charge on any atom is 0.228 e. The molecule has 1 fully saturated rings. The first-order valence-corrected chi connectivity index (χ1v) is 6.84. The van der Waals surface area contributed by atoms with E-state index in [1.54, 1.807) is 4.90 Å². The van der Waals surface area contributed by atoms with E-state index in [0.29, 0.717) is 6.42 Å².